The maximum atomic E-state index is 12.4. The number of hydrogen-bond acceptors (Lipinski definition) is 2. The van der Waals surface area contributed by atoms with Crippen LogP contribution in [0.5, 0.6) is 0 Å². The Hall–Kier alpha value is -1.71. The van der Waals surface area contributed by atoms with Gasteiger partial charge in [-0.1, -0.05) is 0 Å². The van der Waals surface area contributed by atoms with Gasteiger partial charge in [0.05, 0.1) is 0 Å². The van der Waals surface area contributed by atoms with Gasteiger partial charge in [-0.05, 0) is 57.4 Å². The second-order valence-corrected chi connectivity index (χ2v) is 5.91. The molecule has 1 heterocycles. The first-order valence-corrected chi connectivity index (χ1v) is 7.35. The van der Waals surface area contributed by atoms with Crippen molar-refractivity contribution >= 4 is 17.4 Å². The van der Waals surface area contributed by atoms with Crippen LogP contribution >= 0.6 is 0 Å². The van der Waals surface area contributed by atoms with E-state index >= 15 is 0 Å². The van der Waals surface area contributed by atoms with Crippen LogP contribution in [0.25, 0.3) is 0 Å². The van der Waals surface area contributed by atoms with Crippen molar-refractivity contribution in [2.75, 3.05) is 24.3 Å². The van der Waals surface area contributed by atoms with Gasteiger partial charge >= 0.3 is 6.03 Å². The summed E-state index contributed by atoms with van der Waals surface area (Å²) >= 11 is 0. The quantitative estimate of drug-likeness (QED) is 0.896. The van der Waals surface area contributed by atoms with Gasteiger partial charge < -0.3 is 15.1 Å². The Morgan fingerprint density at radius 1 is 1.15 bits per heavy atom. The van der Waals surface area contributed by atoms with Crippen LogP contribution in [0.2, 0.25) is 0 Å². The van der Waals surface area contributed by atoms with E-state index in [-0.39, 0.29) is 6.03 Å². The number of anilines is 2. The molecule has 4 nitrogen and oxygen atoms in total. The Kier molecular flexibility index (Phi) is 4.53. The zero-order chi connectivity index (χ0) is 14.7. The summed E-state index contributed by atoms with van der Waals surface area (Å²) in [5.41, 5.74) is 1.98. The predicted octanol–water partition coefficient (Wildman–Crippen LogP) is 3.55. The first-order valence-electron chi connectivity index (χ1n) is 7.35. The summed E-state index contributed by atoms with van der Waals surface area (Å²) in [5.74, 6) is 0. The largest absolute Gasteiger partial charge is 0.378 e. The van der Waals surface area contributed by atoms with Gasteiger partial charge in [0.15, 0.2) is 0 Å². The van der Waals surface area contributed by atoms with Gasteiger partial charge in [0.25, 0.3) is 0 Å². The molecule has 0 radical (unpaired) electrons. The standard InChI is InChI=1S/C16H25N3O/c1-12-6-5-7-13(2)19(12)16(20)17-14-8-10-15(11-9-14)18(3)4/h8-13H,5-7H2,1-4H3,(H,17,20). The minimum atomic E-state index is 0.0160. The van der Waals surface area contributed by atoms with Crippen molar-refractivity contribution < 1.29 is 4.79 Å². The van der Waals surface area contributed by atoms with Crippen LogP contribution in [0.4, 0.5) is 16.2 Å². The number of likely N-dealkylation sites (tertiary alicyclic amines) is 1. The van der Waals surface area contributed by atoms with Crippen LogP contribution < -0.4 is 10.2 Å². The Morgan fingerprint density at radius 2 is 1.70 bits per heavy atom. The number of piperidine rings is 1. The smallest absolute Gasteiger partial charge is 0.322 e. The SMILES string of the molecule is CC1CCCC(C)N1C(=O)Nc1ccc(N(C)C)cc1. The van der Waals surface area contributed by atoms with E-state index < -0.39 is 0 Å². The molecule has 0 aromatic heterocycles. The lowest BCUT2D eigenvalue weighted by atomic mass is 9.98. The summed E-state index contributed by atoms with van der Waals surface area (Å²) < 4.78 is 0. The maximum Gasteiger partial charge on any atom is 0.322 e. The zero-order valence-corrected chi connectivity index (χ0v) is 12.9. The Balaban J connectivity index is 2.03. The van der Waals surface area contributed by atoms with Crippen LogP contribution in [-0.2, 0) is 0 Å². The molecule has 2 atom stereocenters. The molecule has 110 valence electrons. The molecule has 1 saturated heterocycles. The highest BCUT2D eigenvalue weighted by Gasteiger charge is 2.28. The molecule has 1 aromatic carbocycles. The van der Waals surface area contributed by atoms with Crippen LogP contribution in [-0.4, -0.2) is 37.1 Å². The minimum Gasteiger partial charge on any atom is -0.378 e. The molecule has 0 spiro atoms. The number of nitrogens with one attached hydrogen (secondary N) is 1. The van der Waals surface area contributed by atoms with Crippen molar-refractivity contribution in [3.8, 4) is 0 Å². The monoisotopic (exact) mass is 275 g/mol. The minimum absolute atomic E-state index is 0.0160. The third-order valence-electron chi connectivity index (χ3n) is 4.06. The molecule has 2 amide bonds. The molecule has 1 fully saturated rings. The summed E-state index contributed by atoms with van der Waals surface area (Å²) in [4.78, 5) is 16.4. The van der Waals surface area contributed by atoms with E-state index in [0.717, 1.165) is 24.2 Å². The van der Waals surface area contributed by atoms with Crippen LogP contribution in [0.15, 0.2) is 24.3 Å². The Morgan fingerprint density at radius 3 is 2.20 bits per heavy atom. The number of benzene rings is 1. The predicted molar refractivity (Wildman–Crippen MR) is 84.4 cm³/mol. The topological polar surface area (TPSA) is 35.6 Å². The molecule has 2 rings (SSSR count). The van der Waals surface area contributed by atoms with E-state index in [1.165, 1.54) is 6.42 Å². The lowest BCUT2D eigenvalue weighted by Gasteiger charge is -2.38. The highest BCUT2D eigenvalue weighted by atomic mass is 16.2. The summed E-state index contributed by atoms with van der Waals surface area (Å²) in [7, 11) is 4.01. The Labute approximate surface area is 121 Å². The highest BCUT2D eigenvalue weighted by molar-refractivity contribution is 5.90. The highest BCUT2D eigenvalue weighted by Crippen LogP contribution is 2.24. The average molecular weight is 275 g/mol. The number of urea groups is 1. The molecule has 1 aliphatic rings. The van der Waals surface area contributed by atoms with E-state index in [4.69, 9.17) is 0 Å². The lowest BCUT2D eigenvalue weighted by Crippen LogP contribution is -2.49. The second kappa shape index (κ2) is 6.16. The van der Waals surface area contributed by atoms with Gasteiger partial charge in [0, 0.05) is 37.6 Å². The number of nitrogens with zero attached hydrogens (tertiary/aromatic N) is 2. The van der Waals surface area contributed by atoms with Crippen LogP contribution in [0, 0.1) is 0 Å². The summed E-state index contributed by atoms with van der Waals surface area (Å²) in [5, 5.41) is 3.01. The normalized spacial score (nSPS) is 22.5. The molecule has 2 unspecified atom stereocenters. The van der Waals surface area contributed by atoms with Crippen molar-refractivity contribution in [1.82, 2.24) is 4.90 Å². The van der Waals surface area contributed by atoms with Gasteiger partial charge in [-0.25, -0.2) is 4.79 Å². The number of carbonyl (C=O) groups excluding carboxylic acids is 1. The Bertz CT molecular complexity index is 445. The van der Waals surface area contributed by atoms with E-state index in [0.29, 0.717) is 12.1 Å². The van der Waals surface area contributed by atoms with Crippen LogP contribution in [0.3, 0.4) is 0 Å². The molecule has 4 heteroatoms. The van der Waals surface area contributed by atoms with Crippen molar-refractivity contribution in [3.63, 3.8) is 0 Å². The summed E-state index contributed by atoms with van der Waals surface area (Å²) in [6, 6.07) is 8.58. The number of carbonyl (C=O) groups is 1. The van der Waals surface area contributed by atoms with E-state index in [1.54, 1.807) is 0 Å². The van der Waals surface area contributed by atoms with Gasteiger partial charge in [-0.2, -0.15) is 0 Å². The van der Waals surface area contributed by atoms with Crippen molar-refractivity contribution in [2.45, 2.75) is 45.2 Å². The fraction of sp³-hybridized carbons (Fsp3) is 0.562. The third-order valence-corrected chi connectivity index (χ3v) is 4.06. The molecule has 1 N–H and O–H groups in total. The first-order chi connectivity index (χ1) is 9.49. The number of hydrogen-bond donors (Lipinski definition) is 1. The fourth-order valence-electron chi connectivity index (χ4n) is 2.85. The molecule has 1 aliphatic heterocycles. The summed E-state index contributed by atoms with van der Waals surface area (Å²) in [6.45, 7) is 4.26. The molecule has 0 aliphatic carbocycles. The van der Waals surface area contributed by atoms with Crippen molar-refractivity contribution in [1.29, 1.82) is 0 Å². The molecule has 1 aromatic rings. The first kappa shape index (κ1) is 14.7. The third kappa shape index (κ3) is 3.24. The average Bonchev–Trinajstić information content (AvgIpc) is 2.39. The fourth-order valence-corrected chi connectivity index (χ4v) is 2.85. The van der Waals surface area contributed by atoms with Gasteiger partial charge in [0.2, 0.25) is 0 Å². The van der Waals surface area contributed by atoms with E-state index in [2.05, 4.69) is 19.2 Å². The van der Waals surface area contributed by atoms with Gasteiger partial charge in [0.1, 0.15) is 0 Å². The molecule has 0 saturated carbocycles. The molecule has 20 heavy (non-hydrogen) atoms. The summed E-state index contributed by atoms with van der Waals surface area (Å²) in [6.07, 6.45) is 3.40. The number of rotatable bonds is 2. The molecular weight excluding hydrogens is 250 g/mol. The second-order valence-electron chi connectivity index (χ2n) is 5.91. The lowest BCUT2D eigenvalue weighted by molar-refractivity contribution is 0.133. The number of amides is 2. The van der Waals surface area contributed by atoms with Crippen molar-refractivity contribution in [3.05, 3.63) is 24.3 Å². The van der Waals surface area contributed by atoms with E-state index in [1.807, 2.05) is 48.2 Å². The van der Waals surface area contributed by atoms with E-state index in [9.17, 15) is 4.79 Å². The van der Waals surface area contributed by atoms with Crippen molar-refractivity contribution in [2.24, 2.45) is 0 Å². The maximum absolute atomic E-state index is 12.4. The van der Waals surface area contributed by atoms with Crippen LogP contribution in [0.1, 0.15) is 33.1 Å². The molecular formula is C16H25N3O. The zero-order valence-electron chi connectivity index (χ0n) is 12.9. The van der Waals surface area contributed by atoms with Gasteiger partial charge in [-0.15, -0.1) is 0 Å². The molecule has 0 bridgehead atoms. The van der Waals surface area contributed by atoms with Gasteiger partial charge in [-0.3, -0.25) is 0 Å².